The highest BCUT2D eigenvalue weighted by Gasteiger charge is 2.23. The minimum absolute atomic E-state index is 0.237. The van der Waals surface area contributed by atoms with Crippen LogP contribution in [-0.2, 0) is 0 Å². The molecule has 1 aromatic heterocycles. The molecule has 1 amide bonds. The van der Waals surface area contributed by atoms with Crippen molar-refractivity contribution in [3.8, 4) is 17.2 Å². The highest BCUT2D eigenvalue weighted by atomic mass is 16.5. The molecule has 7 heteroatoms. The van der Waals surface area contributed by atoms with Crippen molar-refractivity contribution in [3.63, 3.8) is 0 Å². The molecular weight excluding hydrogens is 382 g/mol. The predicted molar refractivity (Wildman–Crippen MR) is 117 cm³/mol. The molecular formula is C23H27N3O4. The Kier molecular flexibility index (Phi) is 6.01. The number of nitrogens with one attached hydrogen (secondary N) is 1. The Morgan fingerprint density at radius 3 is 2.50 bits per heavy atom. The third-order valence-corrected chi connectivity index (χ3v) is 4.64. The fraction of sp³-hybridized carbons (Fsp3) is 0.304. The number of aromatic nitrogens is 1. The van der Waals surface area contributed by atoms with Crippen LogP contribution < -0.4 is 25.3 Å². The van der Waals surface area contributed by atoms with Gasteiger partial charge in [0.05, 0.1) is 30.7 Å². The lowest BCUT2D eigenvalue weighted by atomic mass is 10.1. The quantitative estimate of drug-likeness (QED) is 0.617. The van der Waals surface area contributed by atoms with E-state index in [0.717, 1.165) is 16.6 Å². The van der Waals surface area contributed by atoms with E-state index in [2.05, 4.69) is 10.3 Å². The number of benzene rings is 2. The van der Waals surface area contributed by atoms with Crippen LogP contribution in [0.5, 0.6) is 17.2 Å². The Labute approximate surface area is 176 Å². The lowest BCUT2D eigenvalue weighted by Gasteiger charge is -2.27. The zero-order chi connectivity index (χ0) is 21.9. The maximum absolute atomic E-state index is 12.8. The van der Waals surface area contributed by atoms with Crippen molar-refractivity contribution < 1.29 is 19.0 Å². The number of ether oxygens (including phenoxy) is 3. The van der Waals surface area contributed by atoms with Crippen molar-refractivity contribution in [2.75, 3.05) is 26.6 Å². The molecule has 0 saturated carbocycles. The second-order valence-electron chi connectivity index (χ2n) is 7.70. The number of carbonyl (C=O) groups excluding carboxylic acids is 1. The smallest absolute Gasteiger partial charge is 0.251 e. The Balaban J connectivity index is 1.75. The van der Waals surface area contributed by atoms with Crippen molar-refractivity contribution in [2.45, 2.75) is 26.3 Å². The van der Waals surface area contributed by atoms with E-state index in [1.165, 1.54) is 7.11 Å². The van der Waals surface area contributed by atoms with Gasteiger partial charge in [0.2, 0.25) is 0 Å². The first-order valence-corrected chi connectivity index (χ1v) is 9.57. The number of pyridine rings is 1. The van der Waals surface area contributed by atoms with Gasteiger partial charge in [0.25, 0.3) is 5.91 Å². The molecule has 3 N–H and O–H groups in total. The number of aryl methyl sites for hydroxylation is 1. The molecule has 2 aromatic carbocycles. The monoisotopic (exact) mass is 409 g/mol. The number of fused-ring (bicyclic) bond motifs is 1. The number of methoxy groups -OCH3 is 2. The number of nitrogens with two attached hydrogens (primary N) is 1. The summed E-state index contributed by atoms with van der Waals surface area (Å²) in [6.45, 7) is 5.93. The average molecular weight is 409 g/mol. The lowest BCUT2D eigenvalue weighted by molar-refractivity contribution is 0.0881. The molecule has 30 heavy (non-hydrogen) atoms. The van der Waals surface area contributed by atoms with Gasteiger partial charge >= 0.3 is 0 Å². The fourth-order valence-corrected chi connectivity index (χ4v) is 3.19. The summed E-state index contributed by atoms with van der Waals surface area (Å²) in [7, 11) is 3.08. The Hall–Kier alpha value is -3.48. The third-order valence-electron chi connectivity index (χ3n) is 4.64. The SMILES string of the molecule is COc1ccc(C(=O)NC(C)(C)COc2cccc3nc(C)cc(N)c23)cc1OC. The molecule has 0 bridgehead atoms. The highest BCUT2D eigenvalue weighted by molar-refractivity contribution is 5.96. The van der Waals surface area contributed by atoms with Crippen LogP contribution in [0, 0.1) is 6.92 Å². The molecule has 3 aromatic rings. The van der Waals surface area contributed by atoms with E-state index in [-0.39, 0.29) is 12.5 Å². The first-order chi connectivity index (χ1) is 14.2. The average Bonchev–Trinajstić information content (AvgIpc) is 2.70. The van der Waals surface area contributed by atoms with E-state index < -0.39 is 5.54 Å². The van der Waals surface area contributed by atoms with Crippen LogP contribution in [-0.4, -0.2) is 37.3 Å². The van der Waals surface area contributed by atoms with E-state index in [1.54, 1.807) is 25.3 Å². The summed E-state index contributed by atoms with van der Waals surface area (Å²) in [4.78, 5) is 17.3. The highest BCUT2D eigenvalue weighted by Crippen LogP contribution is 2.31. The van der Waals surface area contributed by atoms with Gasteiger partial charge in [-0.15, -0.1) is 0 Å². The van der Waals surface area contributed by atoms with Crippen LogP contribution in [0.4, 0.5) is 5.69 Å². The summed E-state index contributed by atoms with van der Waals surface area (Å²) in [5.41, 5.74) is 8.25. The van der Waals surface area contributed by atoms with E-state index in [1.807, 2.05) is 45.0 Å². The molecule has 3 rings (SSSR count). The summed E-state index contributed by atoms with van der Waals surface area (Å²) in [5, 5.41) is 3.76. The first-order valence-electron chi connectivity index (χ1n) is 9.57. The molecule has 7 nitrogen and oxygen atoms in total. The summed E-state index contributed by atoms with van der Waals surface area (Å²) < 4.78 is 16.5. The number of anilines is 1. The third kappa shape index (κ3) is 4.56. The minimum atomic E-state index is -0.640. The van der Waals surface area contributed by atoms with Gasteiger partial charge in [-0.25, -0.2) is 0 Å². The molecule has 0 radical (unpaired) electrons. The molecule has 0 unspecified atom stereocenters. The van der Waals surface area contributed by atoms with Crippen molar-refractivity contribution in [3.05, 3.63) is 53.7 Å². The standard InChI is InChI=1S/C23H27N3O4/c1-14-11-16(24)21-17(25-14)7-6-8-19(21)30-13-23(2,3)26-22(27)15-9-10-18(28-4)20(12-15)29-5/h6-12H,13H2,1-5H3,(H2,24,25)(H,26,27). The van der Waals surface area contributed by atoms with Crippen LogP contribution in [0.15, 0.2) is 42.5 Å². The summed E-state index contributed by atoms with van der Waals surface area (Å²) in [6, 6.07) is 12.5. The number of nitrogens with zero attached hydrogens (tertiary/aromatic N) is 1. The minimum Gasteiger partial charge on any atom is -0.493 e. The Bertz CT molecular complexity index is 1080. The number of nitrogen functional groups attached to an aromatic ring is 1. The van der Waals surface area contributed by atoms with Gasteiger partial charge in [0.1, 0.15) is 12.4 Å². The second kappa shape index (κ2) is 8.49. The van der Waals surface area contributed by atoms with Crippen molar-refractivity contribution in [1.29, 1.82) is 0 Å². The maximum Gasteiger partial charge on any atom is 0.251 e. The molecule has 0 aliphatic heterocycles. The zero-order valence-electron chi connectivity index (χ0n) is 17.9. The van der Waals surface area contributed by atoms with Crippen LogP contribution in [0.25, 0.3) is 10.9 Å². The lowest BCUT2D eigenvalue weighted by Crippen LogP contribution is -2.47. The Morgan fingerprint density at radius 2 is 1.80 bits per heavy atom. The van der Waals surface area contributed by atoms with Gasteiger partial charge in [-0.3, -0.25) is 9.78 Å². The van der Waals surface area contributed by atoms with Crippen LogP contribution in [0.2, 0.25) is 0 Å². The molecule has 0 spiro atoms. The molecule has 0 aliphatic rings. The summed E-state index contributed by atoms with van der Waals surface area (Å²) in [5.74, 6) is 1.45. The summed E-state index contributed by atoms with van der Waals surface area (Å²) >= 11 is 0. The molecule has 1 heterocycles. The van der Waals surface area contributed by atoms with Crippen LogP contribution >= 0.6 is 0 Å². The number of rotatable bonds is 7. The largest absolute Gasteiger partial charge is 0.493 e. The maximum atomic E-state index is 12.8. The first kappa shape index (κ1) is 21.2. The molecule has 158 valence electrons. The molecule has 0 atom stereocenters. The predicted octanol–water partition coefficient (Wildman–Crippen LogP) is 3.73. The van der Waals surface area contributed by atoms with Crippen molar-refractivity contribution in [2.24, 2.45) is 0 Å². The van der Waals surface area contributed by atoms with Gasteiger partial charge in [-0.2, -0.15) is 0 Å². The van der Waals surface area contributed by atoms with E-state index in [4.69, 9.17) is 19.9 Å². The van der Waals surface area contributed by atoms with Crippen LogP contribution in [0.1, 0.15) is 29.9 Å². The number of hydrogen-bond acceptors (Lipinski definition) is 6. The van der Waals surface area contributed by atoms with E-state index >= 15 is 0 Å². The van der Waals surface area contributed by atoms with Crippen molar-refractivity contribution in [1.82, 2.24) is 10.3 Å². The summed E-state index contributed by atoms with van der Waals surface area (Å²) in [6.07, 6.45) is 0. The number of carbonyl (C=O) groups is 1. The zero-order valence-corrected chi connectivity index (χ0v) is 17.9. The molecule has 0 fully saturated rings. The Morgan fingerprint density at radius 1 is 1.07 bits per heavy atom. The van der Waals surface area contributed by atoms with Crippen molar-refractivity contribution >= 4 is 22.5 Å². The van der Waals surface area contributed by atoms with Crippen LogP contribution in [0.3, 0.4) is 0 Å². The number of hydrogen-bond donors (Lipinski definition) is 2. The van der Waals surface area contributed by atoms with E-state index in [0.29, 0.717) is 28.5 Å². The van der Waals surface area contributed by atoms with Gasteiger partial charge in [-0.1, -0.05) is 6.07 Å². The van der Waals surface area contributed by atoms with Gasteiger partial charge < -0.3 is 25.3 Å². The van der Waals surface area contributed by atoms with Gasteiger partial charge in [-0.05, 0) is 57.2 Å². The molecule has 0 aliphatic carbocycles. The van der Waals surface area contributed by atoms with E-state index in [9.17, 15) is 4.79 Å². The number of amides is 1. The normalized spacial score (nSPS) is 11.2. The topological polar surface area (TPSA) is 95.7 Å². The van der Waals surface area contributed by atoms with Gasteiger partial charge in [0, 0.05) is 16.9 Å². The molecule has 0 saturated heterocycles. The fourth-order valence-electron chi connectivity index (χ4n) is 3.19. The second-order valence-corrected chi connectivity index (χ2v) is 7.70. The van der Waals surface area contributed by atoms with Gasteiger partial charge in [0.15, 0.2) is 11.5 Å².